The fourth-order valence-electron chi connectivity index (χ4n) is 3.30. The minimum absolute atomic E-state index is 0.185. The van der Waals surface area contributed by atoms with Crippen LogP contribution < -0.4 is 19.5 Å². The van der Waals surface area contributed by atoms with Crippen molar-refractivity contribution >= 4 is 44.3 Å². The van der Waals surface area contributed by atoms with E-state index in [1.165, 1.54) is 13.4 Å². The number of ether oxygens (including phenoxy) is 4. The van der Waals surface area contributed by atoms with Crippen LogP contribution in [0, 0.1) is 0 Å². The molecule has 1 aromatic heterocycles. The Morgan fingerprint density at radius 2 is 1.91 bits per heavy atom. The van der Waals surface area contributed by atoms with Crippen molar-refractivity contribution in [2.75, 3.05) is 32.8 Å². The zero-order chi connectivity index (χ0) is 23.6. The summed E-state index contributed by atoms with van der Waals surface area (Å²) < 4.78 is 22.7. The molecule has 9 heteroatoms. The van der Waals surface area contributed by atoms with E-state index in [4.69, 9.17) is 14.2 Å². The van der Waals surface area contributed by atoms with Crippen LogP contribution in [-0.2, 0) is 9.53 Å². The lowest BCUT2D eigenvalue weighted by atomic mass is 10.2. The summed E-state index contributed by atoms with van der Waals surface area (Å²) in [4.78, 5) is 20.0. The van der Waals surface area contributed by atoms with E-state index < -0.39 is 0 Å². The van der Waals surface area contributed by atoms with Gasteiger partial charge < -0.3 is 24.3 Å². The molecule has 0 fully saturated rings. The third-order valence-electron chi connectivity index (χ3n) is 4.94. The first-order chi connectivity index (χ1) is 16.1. The normalized spacial score (nSPS) is 10.7. The molecule has 0 radical (unpaired) electrons. The van der Waals surface area contributed by atoms with Crippen molar-refractivity contribution in [3.05, 3.63) is 41.1 Å². The molecule has 0 spiro atoms. The number of hydrogen-bond acceptors (Lipinski definition) is 8. The first kappa shape index (κ1) is 24.6. The molecular formula is C24H28BrN3O5. The monoisotopic (exact) mass is 517 g/mol. The van der Waals surface area contributed by atoms with Crippen molar-refractivity contribution < 1.29 is 23.7 Å². The smallest absolute Gasteiger partial charge is 0.305 e. The molecule has 0 aliphatic heterocycles. The van der Waals surface area contributed by atoms with Gasteiger partial charge in [-0.2, -0.15) is 0 Å². The van der Waals surface area contributed by atoms with E-state index in [2.05, 4.69) is 36.0 Å². The van der Waals surface area contributed by atoms with Crippen LogP contribution in [0.5, 0.6) is 17.2 Å². The zero-order valence-corrected chi connectivity index (χ0v) is 20.6. The number of carbonyl (C=O) groups excluding carboxylic acids is 1. The van der Waals surface area contributed by atoms with E-state index in [0.29, 0.717) is 42.7 Å². The van der Waals surface area contributed by atoms with Gasteiger partial charge in [0.1, 0.15) is 12.1 Å². The number of halogens is 1. The molecule has 0 amide bonds. The second-order valence-corrected chi connectivity index (χ2v) is 8.01. The Labute approximate surface area is 201 Å². The Balaban J connectivity index is 1.77. The molecule has 176 valence electrons. The quantitative estimate of drug-likeness (QED) is 0.243. The van der Waals surface area contributed by atoms with Gasteiger partial charge in [-0.25, -0.2) is 9.97 Å². The molecule has 0 aliphatic rings. The summed E-state index contributed by atoms with van der Waals surface area (Å²) >= 11 is 3.58. The summed E-state index contributed by atoms with van der Waals surface area (Å²) in [6.07, 6.45) is 4.40. The van der Waals surface area contributed by atoms with Gasteiger partial charge in [-0.15, -0.1) is 0 Å². The third kappa shape index (κ3) is 6.47. The van der Waals surface area contributed by atoms with Gasteiger partial charge >= 0.3 is 5.97 Å². The Kier molecular flexibility index (Phi) is 9.12. The van der Waals surface area contributed by atoms with Crippen molar-refractivity contribution in [2.24, 2.45) is 0 Å². The average Bonchev–Trinajstić information content (AvgIpc) is 2.82. The van der Waals surface area contributed by atoms with E-state index in [1.54, 1.807) is 7.11 Å². The van der Waals surface area contributed by atoms with Crippen molar-refractivity contribution in [1.29, 1.82) is 0 Å². The average molecular weight is 518 g/mol. The number of aromatic nitrogens is 2. The largest absolute Gasteiger partial charge is 0.493 e. The molecule has 0 saturated heterocycles. The highest BCUT2D eigenvalue weighted by molar-refractivity contribution is 9.10. The van der Waals surface area contributed by atoms with Gasteiger partial charge in [0.15, 0.2) is 17.2 Å². The molecule has 33 heavy (non-hydrogen) atoms. The summed E-state index contributed by atoms with van der Waals surface area (Å²) in [5.41, 5.74) is 1.50. The lowest BCUT2D eigenvalue weighted by Gasteiger charge is -2.16. The molecule has 2 aromatic carbocycles. The standard InChI is InChI=1S/C24H28BrN3O5/c1-4-32-21-13-16-19(14-20(21)30-2)26-15-27-24(16)28-18-10-8-9-17(25)23(18)33-12-7-5-6-11-22(29)31-3/h8-10,13-15H,4-7,11-12H2,1-3H3,(H,26,27,28). The van der Waals surface area contributed by atoms with Crippen LogP contribution in [-0.4, -0.2) is 43.4 Å². The topological polar surface area (TPSA) is 91.8 Å². The Hall–Kier alpha value is -3.07. The zero-order valence-electron chi connectivity index (χ0n) is 19.0. The number of nitrogens with one attached hydrogen (secondary N) is 1. The summed E-state index contributed by atoms with van der Waals surface area (Å²) in [6.45, 7) is 2.96. The van der Waals surface area contributed by atoms with Crippen LogP contribution in [0.1, 0.15) is 32.6 Å². The lowest BCUT2D eigenvalue weighted by Crippen LogP contribution is -2.04. The number of methoxy groups -OCH3 is 2. The SMILES string of the molecule is CCOc1cc2c(Nc3cccc(Br)c3OCCCCCC(=O)OC)ncnc2cc1OC. The molecule has 1 N–H and O–H groups in total. The molecule has 8 nitrogen and oxygen atoms in total. The van der Waals surface area contributed by atoms with Crippen LogP contribution >= 0.6 is 15.9 Å². The Bertz CT molecular complexity index is 1090. The summed E-state index contributed by atoms with van der Waals surface area (Å²) in [7, 11) is 3.01. The number of unbranched alkanes of at least 4 members (excludes halogenated alkanes) is 2. The van der Waals surface area contributed by atoms with E-state index in [-0.39, 0.29) is 5.97 Å². The first-order valence-corrected chi connectivity index (χ1v) is 11.6. The number of nitrogens with zero attached hydrogens (tertiary/aromatic N) is 2. The maximum absolute atomic E-state index is 11.2. The number of benzene rings is 2. The van der Waals surface area contributed by atoms with E-state index in [1.807, 2.05) is 37.3 Å². The third-order valence-corrected chi connectivity index (χ3v) is 5.56. The number of carbonyl (C=O) groups is 1. The van der Waals surface area contributed by atoms with Gasteiger partial charge in [0, 0.05) is 17.9 Å². The molecule has 0 bridgehead atoms. The van der Waals surface area contributed by atoms with Crippen molar-refractivity contribution in [1.82, 2.24) is 9.97 Å². The summed E-state index contributed by atoms with van der Waals surface area (Å²) in [5, 5.41) is 4.18. The fraction of sp³-hybridized carbons (Fsp3) is 0.375. The van der Waals surface area contributed by atoms with Crippen molar-refractivity contribution in [3.63, 3.8) is 0 Å². The number of anilines is 2. The molecule has 0 aliphatic carbocycles. The lowest BCUT2D eigenvalue weighted by molar-refractivity contribution is -0.140. The molecule has 0 atom stereocenters. The Morgan fingerprint density at radius 3 is 2.67 bits per heavy atom. The van der Waals surface area contributed by atoms with Gasteiger partial charge in [-0.3, -0.25) is 4.79 Å². The maximum atomic E-state index is 11.2. The highest BCUT2D eigenvalue weighted by Crippen LogP contribution is 2.38. The van der Waals surface area contributed by atoms with Crippen LogP contribution in [0.15, 0.2) is 41.1 Å². The molecule has 0 unspecified atom stereocenters. The second kappa shape index (κ2) is 12.2. The summed E-state index contributed by atoms with van der Waals surface area (Å²) in [5.74, 6) is 2.38. The minimum Gasteiger partial charge on any atom is -0.493 e. The van der Waals surface area contributed by atoms with Crippen LogP contribution in [0.4, 0.5) is 11.5 Å². The second-order valence-electron chi connectivity index (χ2n) is 7.15. The number of para-hydroxylation sites is 1. The highest BCUT2D eigenvalue weighted by atomic mass is 79.9. The van der Waals surface area contributed by atoms with Gasteiger partial charge in [0.05, 0.1) is 43.1 Å². The van der Waals surface area contributed by atoms with Gasteiger partial charge in [0.2, 0.25) is 0 Å². The van der Waals surface area contributed by atoms with Gasteiger partial charge in [0.25, 0.3) is 0 Å². The fourth-order valence-corrected chi connectivity index (χ4v) is 3.78. The van der Waals surface area contributed by atoms with E-state index >= 15 is 0 Å². The van der Waals surface area contributed by atoms with Crippen LogP contribution in [0.25, 0.3) is 10.9 Å². The molecule has 0 saturated carbocycles. The number of esters is 1. The van der Waals surface area contributed by atoms with Crippen LogP contribution in [0.2, 0.25) is 0 Å². The van der Waals surface area contributed by atoms with Gasteiger partial charge in [-0.05, 0) is 60.3 Å². The molecule has 1 heterocycles. The maximum Gasteiger partial charge on any atom is 0.305 e. The molecular weight excluding hydrogens is 490 g/mol. The number of fused-ring (bicyclic) bond motifs is 1. The Morgan fingerprint density at radius 1 is 1.06 bits per heavy atom. The van der Waals surface area contributed by atoms with Crippen LogP contribution in [0.3, 0.4) is 0 Å². The van der Waals surface area contributed by atoms with Crippen molar-refractivity contribution in [2.45, 2.75) is 32.6 Å². The minimum atomic E-state index is -0.185. The first-order valence-electron chi connectivity index (χ1n) is 10.8. The van der Waals surface area contributed by atoms with E-state index in [9.17, 15) is 4.79 Å². The van der Waals surface area contributed by atoms with E-state index in [0.717, 1.165) is 40.3 Å². The number of hydrogen-bond donors (Lipinski definition) is 1. The predicted molar refractivity (Wildman–Crippen MR) is 131 cm³/mol. The number of rotatable bonds is 12. The molecule has 3 rings (SSSR count). The summed E-state index contributed by atoms with van der Waals surface area (Å²) in [6, 6.07) is 9.49. The predicted octanol–water partition coefficient (Wildman–Crippen LogP) is 5.66. The van der Waals surface area contributed by atoms with Crippen molar-refractivity contribution in [3.8, 4) is 17.2 Å². The highest BCUT2D eigenvalue weighted by Gasteiger charge is 2.14. The molecule has 3 aromatic rings. The van der Waals surface area contributed by atoms with Gasteiger partial charge in [-0.1, -0.05) is 6.07 Å².